The molecule has 0 aliphatic heterocycles. The van der Waals surface area contributed by atoms with E-state index in [9.17, 15) is 0 Å². The van der Waals surface area contributed by atoms with Gasteiger partial charge in [0.1, 0.15) is 5.65 Å². The maximum absolute atomic E-state index is 5.08. The van der Waals surface area contributed by atoms with Crippen molar-refractivity contribution in [3.63, 3.8) is 0 Å². The fraction of sp³-hybridized carbons (Fsp3) is 0. The molecule has 4 aromatic carbocycles. The van der Waals surface area contributed by atoms with Crippen LogP contribution in [-0.2, 0) is 0 Å². The molecule has 3 aromatic heterocycles. The standard InChI is InChI=1S/C31H20N4/c1-3-11-21(12-4-1)26-20-27(22-13-5-2-6-14-22)33-30(32-26)29-19-23-15-7-8-16-24(23)31-34-25-17-9-10-18-28(25)35(29)31/h1-20H. The van der Waals surface area contributed by atoms with E-state index in [1.165, 1.54) is 0 Å². The molecule has 0 aliphatic rings. The maximum atomic E-state index is 5.08. The van der Waals surface area contributed by atoms with Gasteiger partial charge in [-0.3, -0.25) is 4.40 Å². The van der Waals surface area contributed by atoms with Gasteiger partial charge >= 0.3 is 0 Å². The van der Waals surface area contributed by atoms with Gasteiger partial charge in [0.05, 0.1) is 28.1 Å². The Morgan fingerprint density at radius 1 is 0.514 bits per heavy atom. The molecule has 0 amide bonds. The third kappa shape index (κ3) is 3.27. The minimum absolute atomic E-state index is 0.670. The fourth-order valence-corrected chi connectivity index (χ4v) is 4.73. The lowest BCUT2D eigenvalue weighted by Gasteiger charge is -2.12. The molecule has 0 unspecified atom stereocenters. The Morgan fingerprint density at radius 3 is 1.83 bits per heavy atom. The Kier molecular flexibility index (Phi) is 4.42. The predicted molar refractivity (Wildman–Crippen MR) is 142 cm³/mol. The van der Waals surface area contributed by atoms with Crippen LogP contribution in [0.1, 0.15) is 0 Å². The molecule has 0 radical (unpaired) electrons. The van der Waals surface area contributed by atoms with Gasteiger partial charge in [-0.1, -0.05) is 97.1 Å². The van der Waals surface area contributed by atoms with Gasteiger partial charge in [-0.2, -0.15) is 0 Å². The van der Waals surface area contributed by atoms with Crippen LogP contribution in [0.25, 0.3) is 61.5 Å². The van der Waals surface area contributed by atoms with Crippen molar-refractivity contribution in [1.29, 1.82) is 0 Å². The van der Waals surface area contributed by atoms with Crippen molar-refractivity contribution in [3.8, 4) is 34.0 Å². The van der Waals surface area contributed by atoms with Crippen molar-refractivity contribution in [2.24, 2.45) is 0 Å². The smallest absolute Gasteiger partial charge is 0.177 e. The van der Waals surface area contributed by atoms with Crippen molar-refractivity contribution in [3.05, 3.63) is 121 Å². The van der Waals surface area contributed by atoms with Gasteiger partial charge in [-0.15, -0.1) is 0 Å². The summed E-state index contributed by atoms with van der Waals surface area (Å²) in [5.41, 5.74) is 7.71. The van der Waals surface area contributed by atoms with E-state index in [0.29, 0.717) is 5.82 Å². The zero-order valence-corrected chi connectivity index (χ0v) is 18.8. The average molecular weight is 449 g/mol. The van der Waals surface area contributed by atoms with Crippen molar-refractivity contribution >= 4 is 27.5 Å². The molecule has 7 rings (SSSR count). The normalized spacial score (nSPS) is 11.4. The lowest BCUT2D eigenvalue weighted by Crippen LogP contribution is -2.01. The monoisotopic (exact) mass is 448 g/mol. The second-order valence-electron chi connectivity index (χ2n) is 8.57. The lowest BCUT2D eigenvalue weighted by molar-refractivity contribution is 1.13. The van der Waals surface area contributed by atoms with Crippen LogP contribution in [-0.4, -0.2) is 19.4 Å². The number of fused-ring (bicyclic) bond motifs is 5. The van der Waals surface area contributed by atoms with E-state index in [1.807, 2.05) is 48.5 Å². The van der Waals surface area contributed by atoms with Crippen LogP contribution in [0.5, 0.6) is 0 Å². The number of nitrogens with zero attached hydrogens (tertiary/aromatic N) is 4. The first-order valence-corrected chi connectivity index (χ1v) is 11.6. The van der Waals surface area contributed by atoms with Crippen molar-refractivity contribution in [2.75, 3.05) is 0 Å². The molecule has 0 atom stereocenters. The van der Waals surface area contributed by atoms with Crippen molar-refractivity contribution in [2.45, 2.75) is 0 Å². The van der Waals surface area contributed by atoms with E-state index in [1.54, 1.807) is 0 Å². The number of pyridine rings is 1. The molecule has 0 aliphatic carbocycles. The number of hydrogen-bond acceptors (Lipinski definition) is 3. The van der Waals surface area contributed by atoms with Crippen LogP contribution >= 0.6 is 0 Å². The zero-order valence-electron chi connectivity index (χ0n) is 18.8. The first-order valence-electron chi connectivity index (χ1n) is 11.6. The lowest BCUT2D eigenvalue weighted by atomic mass is 10.1. The quantitative estimate of drug-likeness (QED) is 0.282. The van der Waals surface area contributed by atoms with Crippen LogP contribution in [0.4, 0.5) is 0 Å². The van der Waals surface area contributed by atoms with Gasteiger partial charge < -0.3 is 0 Å². The second kappa shape index (κ2) is 7.89. The molecule has 0 saturated heterocycles. The summed E-state index contributed by atoms with van der Waals surface area (Å²) >= 11 is 0. The van der Waals surface area contributed by atoms with E-state index in [-0.39, 0.29) is 0 Å². The summed E-state index contributed by atoms with van der Waals surface area (Å²) in [5.74, 6) is 0.670. The van der Waals surface area contributed by atoms with Crippen LogP contribution < -0.4 is 0 Å². The minimum atomic E-state index is 0.670. The van der Waals surface area contributed by atoms with Crippen LogP contribution in [0.3, 0.4) is 0 Å². The highest BCUT2D eigenvalue weighted by molar-refractivity contribution is 6.00. The van der Waals surface area contributed by atoms with Gasteiger partial charge in [-0.05, 0) is 29.7 Å². The topological polar surface area (TPSA) is 43.1 Å². The molecule has 0 N–H and O–H groups in total. The SMILES string of the molecule is c1ccc(-c2cc(-c3ccccc3)nc(-c3cc4ccccc4c4nc5ccccc5n34)n2)cc1. The van der Waals surface area contributed by atoms with E-state index >= 15 is 0 Å². The van der Waals surface area contributed by atoms with Crippen molar-refractivity contribution in [1.82, 2.24) is 19.4 Å². The second-order valence-corrected chi connectivity index (χ2v) is 8.57. The van der Waals surface area contributed by atoms with Gasteiger partial charge in [0.2, 0.25) is 0 Å². The molecular formula is C31H20N4. The number of hydrogen-bond donors (Lipinski definition) is 0. The number of benzene rings is 4. The number of para-hydroxylation sites is 2. The van der Waals surface area contributed by atoms with Crippen LogP contribution in [0.15, 0.2) is 121 Å². The average Bonchev–Trinajstić information content (AvgIpc) is 3.33. The molecule has 0 bridgehead atoms. The number of imidazole rings is 1. The molecule has 4 heteroatoms. The van der Waals surface area contributed by atoms with Crippen LogP contribution in [0.2, 0.25) is 0 Å². The molecule has 35 heavy (non-hydrogen) atoms. The highest BCUT2D eigenvalue weighted by Crippen LogP contribution is 2.33. The number of aromatic nitrogens is 4. The Balaban J connectivity index is 1.60. The van der Waals surface area contributed by atoms with E-state index in [2.05, 4.69) is 77.2 Å². The van der Waals surface area contributed by atoms with Gasteiger partial charge in [0.15, 0.2) is 5.82 Å². The fourth-order valence-electron chi connectivity index (χ4n) is 4.73. The molecule has 164 valence electrons. The highest BCUT2D eigenvalue weighted by atomic mass is 15.1. The third-order valence-electron chi connectivity index (χ3n) is 6.39. The van der Waals surface area contributed by atoms with E-state index < -0.39 is 0 Å². The summed E-state index contributed by atoms with van der Waals surface area (Å²) in [5, 5.41) is 2.22. The Morgan fingerprint density at radius 2 is 1.11 bits per heavy atom. The largest absolute Gasteiger partial charge is 0.288 e. The summed E-state index contributed by atoms with van der Waals surface area (Å²) < 4.78 is 2.19. The highest BCUT2D eigenvalue weighted by Gasteiger charge is 2.17. The predicted octanol–water partition coefficient (Wildman–Crippen LogP) is 7.43. The van der Waals surface area contributed by atoms with Gasteiger partial charge in [0.25, 0.3) is 0 Å². The summed E-state index contributed by atoms with van der Waals surface area (Å²) in [6, 6.07) is 41.4. The van der Waals surface area contributed by atoms with Gasteiger partial charge in [0, 0.05) is 16.5 Å². The summed E-state index contributed by atoms with van der Waals surface area (Å²) in [7, 11) is 0. The summed E-state index contributed by atoms with van der Waals surface area (Å²) in [6.07, 6.45) is 0. The number of rotatable bonds is 3. The van der Waals surface area contributed by atoms with E-state index in [4.69, 9.17) is 15.0 Å². The van der Waals surface area contributed by atoms with Crippen molar-refractivity contribution < 1.29 is 0 Å². The zero-order chi connectivity index (χ0) is 23.2. The maximum Gasteiger partial charge on any atom is 0.177 e. The van der Waals surface area contributed by atoms with Gasteiger partial charge in [-0.25, -0.2) is 15.0 Å². The molecular weight excluding hydrogens is 428 g/mol. The van der Waals surface area contributed by atoms with Crippen LogP contribution in [0, 0.1) is 0 Å². The van der Waals surface area contributed by atoms with E-state index in [0.717, 1.165) is 55.7 Å². The molecule has 7 aromatic rings. The minimum Gasteiger partial charge on any atom is -0.288 e. The Labute approximate surface area is 202 Å². The molecule has 4 nitrogen and oxygen atoms in total. The Bertz CT molecular complexity index is 1780. The molecule has 0 fully saturated rings. The first-order chi connectivity index (χ1) is 17.3. The summed E-state index contributed by atoms with van der Waals surface area (Å²) in [6.45, 7) is 0. The molecule has 3 heterocycles. The molecule has 0 spiro atoms. The molecule has 0 saturated carbocycles. The first kappa shape index (κ1) is 19.6. The Hall–Kier alpha value is -4.83. The summed E-state index contributed by atoms with van der Waals surface area (Å²) in [4.78, 5) is 15.2. The third-order valence-corrected chi connectivity index (χ3v) is 6.39.